The second-order valence-electron chi connectivity index (χ2n) is 3.22. The fourth-order valence-electron chi connectivity index (χ4n) is 1.43. The van der Waals surface area contributed by atoms with Gasteiger partial charge in [0.05, 0.1) is 6.61 Å². The Labute approximate surface area is 93.8 Å². The van der Waals surface area contributed by atoms with Gasteiger partial charge in [-0.05, 0) is 18.6 Å². The Hall–Kier alpha value is -1.28. The highest BCUT2D eigenvalue weighted by Crippen LogP contribution is 2.22. The lowest BCUT2D eigenvalue weighted by Gasteiger charge is -2.07. The highest BCUT2D eigenvalue weighted by Gasteiger charge is 2.01. The van der Waals surface area contributed by atoms with Crippen molar-refractivity contribution in [3.63, 3.8) is 0 Å². The number of rotatable bonds is 4. The molecule has 0 radical (unpaired) electrons. The van der Waals surface area contributed by atoms with Crippen LogP contribution in [0.4, 0.5) is 0 Å². The van der Waals surface area contributed by atoms with Crippen molar-refractivity contribution in [1.29, 1.82) is 0 Å². The Kier molecular flexibility index (Phi) is 3.41. The molecular formula is C12H12ClNO. The van der Waals surface area contributed by atoms with Gasteiger partial charge in [0.25, 0.3) is 0 Å². The standard InChI is InChI=1S/C12H12ClNO/c13-7-3-9-15-11-6-1-4-10-5-2-8-14-12(10)11/h1-2,4-6,8H,3,7,9H2. The zero-order chi connectivity index (χ0) is 10.5. The van der Waals surface area contributed by atoms with Gasteiger partial charge >= 0.3 is 0 Å². The van der Waals surface area contributed by atoms with Gasteiger partial charge in [0.15, 0.2) is 0 Å². The summed E-state index contributed by atoms with van der Waals surface area (Å²) in [6, 6.07) is 9.88. The molecule has 15 heavy (non-hydrogen) atoms. The molecule has 78 valence electrons. The third-order valence-electron chi connectivity index (χ3n) is 2.13. The molecule has 0 aliphatic rings. The normalized spacial score (nSPS) is 10.5. The largest absolute Gasteiger partial charge is 0.491 e. The van der Waals surface area contributed by atoms with Crippen molar-refractivity contribution in [2.45, 2.75) is 6.42 Å². The van der Waals surface area contributed by atoms with Crippen molar-refractivity contribution in [1.82, 2.24) is 4.98 Å². The molecule has 2 aromatic rings. The van der Waals surface area contributed by atoms with Gasteiger partial charge in [-0.2, -0.15) is 0 Å². The number of pyridine rings is 1. The summed E-state index contributed by atoms with van der Waals surface area (Å²) in [5.74, 6) is 1.45. The van der Waals surface area contributed by atoms with Crippen LogP contribution in [0.2, 0.25) is 0 Å². The number of aromatic nitrogens is 1. The molecule has 0 aliphatic carbocycles. The lowest BCUT2D eigenvalue weighted by molar-refractivity contribution is 0.321. The average Bonchev–Trinajstić information content (AvgIpc) is 2.30. The van der Waals surface area contributed by atoms with Gasteiger partial charge in [-0.25, -0.2) is 0 Å². The maximum absolute atomic E-state index is 5.61. The third-order valence-corrected chi connectivity index (χ3v) is 2.40. The van der Waals surface area contributed by atoms with Crippen LogP contribution in [0.15, 0.2) is 36.5 Å². The number of hydrogen-bond donors (Lipinski definition) is 0. The van der Waals surface area contributed by atoms with Gasteiger partial charge in [0.1, 0.15) is 11.3 Å². The van der Waals surface area contributed by atoms with E-state index in [1.54, 1.807) is 6.20 Å². The number of alkyl halides is 1. The quantitative estimate of drug-likeness (QED) is 0.584. The summed E-state index contributed by atoms with van der Waals surface area (Å²) in [7, 11) is 0. The van der Waals surface area contributed by atoms with Crippen molar-refractivity contribution >= 4 is 22.5 Å². The fraction of sp³-hybridized carbons (Fsp3) is 0.250. The summed E-state index contributed by atoms with van der Waals surface area (Å²) in [4.78, 5) is 4.30. The van der Waals surface area contributed by atoms with E-state index in [0.717, 1.165) is 23.1 Å². The average molecular weight is 222 g/mol. The molecule has 0 amide bonds. The van der Waals surface area contributed by atoms with Gasteiger partial charge < -0.3 is 4.74 Å². The summed E-state index contributed by atoms with van der Waals surface area (Å²) in [6.45, 7) is 0.638. The van der Waals surface area contributed by atoms with E-state index in [4.69, 9.17) is 16.3 Å². The van der Waals surface area contributed by atoms with Crippen LogP contribution in [0.25, 0.3) is 10.9 Å². The molecule has 1 aromatic heterocycles. The van der Waals surface area contributed by atoms with Crippen molar-refractivity contribution in [3.05, 3.63) is 36.5 Å². The Morgan fingerprint density at radius 1 is 1.20 bits per heavy atom. The predicted molar refractivity (Wildman–Crippen MR) is 62.6 cm³/mol. The lowest BCUT2D eigenvalue weighted by atomic mass is 10.2. The first-order valence-corrected chi connectivity index (χ1v) is 5.48. The van der Waals surface area contributed by atoms with Crippen LogP contribution >= 0.6 is 11.6 Å². The van der Waals surface area contributed by atoms with Crippen LogP contribution in [0, 0.1) is 0 Å². The summed E-state index contributed by atoms with van der Waals surface area (Å²) < 4.78 is 5.61. The Morgan fingerprint density at radius 2 is 2.07 bits per heavy atom. The summed E-state index contributed by atoms with van der Waals surface area (Å²) in [5.41, 5.74) is 0.912. The Morgan fingerprint density at radius 3 is 2.93 bits per heavy atom. The van der Waals surface area contributed by atoms with Crippen LogP contribution in [0.3, 0.4) is 0 Å². The predicted octanol–water partition coefficient (Wildman–Crippen LogP) is 3.24. The van der Waals surface area contributed by atoms with Crippen molar-refractivity contribution < 1.29 is 4.74 Å². The lowest BCUT2D eigenvalue weighted by Crippen LogP contribution is -1.98. The topological polar surface area (TPSA) is 22.1 Å². The maximum Gasteiger partial charge on any atom is 0.145 e. The molecule has 3 heteroatoms. The molecule has 2 rings (SSSR count). The van der Waals surface area contributed by atoms with Crippen LogP contribution in [-0.4, -0.2) is 17.5 Å². The van der Waals surface area contributed by atoms with Crippen molar-refractivity contribution in [3.8, 4) is 5.75 Å². The zero-order valence-corrected chi connectivity index (χ0v) is 9.07. The SMILES string of the molecule is ClCCCOc1cccc2cccnc12. The van der Waals surface area contributed by atoms with E-state index < -0.39 is 0 Å². The van der Waals surface area contributed by atoms with E-state index in [-0.39, 0.29) is 0 Å². The van der Waals surface area contributed by atoms with Gasteiger partial charge in [-0.15, -0.1) is 11.6 Å². The van der Waals surface area contributed by atoms with Crippen LogP contribution < -0.4 is 4.74 Å². The number of para-hydroxylation sites is 1. The molecule has 2 nitrogen and oxygen atoms in total. The first-order valence-electron chi connectivity index (χ1n) is 4.94. The molecule has 0 fully saturated rings. The van der Waals surface area contributed by atoms with E-state index >= 15 is 0 Å². The maximum atomic E-state index is 5.61. The minimum atomic E-state index is 0.623. The number of fused-ring (bicyclic) bond motifs is 1. The molecule has 0 atom stereocenters. The number of nitrogens with zero attached hydrogens (tertiary/aromatic N) is 1. The first-order chi connectivity index (χ1) is 7.42. The zero-order valence-electron chi connectivity index (χ0n) is 8.32. The highest BCUT2D eigenvalue weighted by atomic mass is 35.5. The fourth-order valence-corrected chi connectivity index (χ4v) is 1.54. The van der Waals surface area contributed by atoms with Gasteiger partial charge in [0.2, 0.25) is 0 Å². The molecule has 1 heterocycles. The molecule has 0 N–H and O–H groups in total. The van der Waals surface area contributed by atoms with Crippen molar-refractivity contribution in [2.75, 3.05) is 12.5 Å². The number of benzene rings is 1. The van der Waals surface area contributed by atoms with Gasteiger partial charge in [-0.3, -0.25) is 4.98 Å². The second kappa shape index (κ2) is 4.99. The summed E-state index contributed by atoms with van der Waals surface area (Å²) in [5, 5.41) is 1.10. The van der Waals surface area contributed by atoms with E-state index in [0.29, 0.717) is 12.5 Å². The van der Waals surface area contributed by atoms with Gasteiger partial charge in [0, 0.05) is 17.5 Å². The summed E-state index contributed by atoms with van der Waals surface area (Å²) >= 11 is 5.59. The Balaban J connectivity index is 2.26. The van der Waals surface area contributed by atoms with E-state index in [1.807, 2.05) is 30.3 Å². The van der Waals surface area contributed by atoms with Crippen molar-refractivity contribution in [2.24, 2.45) is 0 Å². The summed E-state index contributed by atoms with van der Waals surface area (Å²) in [6.07, 6.45) is 2.63. The Bertz CT molecular complexity index is 439. The van der Waals surface area contributed by atoms with Gasteiger partial charge in [-0.1, -0.05) is 18.2 Å². The first kappa shape index (κ1) is 10.2. The molecule has 0 unspecified atom stereocenters. The monoisotopic (exact) mass is 221 g/mol. The van der Waals surface area contributed by atoms with Crippen LogP contribution in [0.1, 0.15) is 6.42 Å². The molecule has 0 aliphatic heterocycles. The molecule has 0 saturated heterocycles. The van der Waals surface area contributed by atoms with Crippen LogP contribution in [0.5, 0.6) is 5.75 Å². The molecule has 0 saturated carbocycles. The highest BCUT2D eigenvalue weighted by molar-refractivity contribution is 6.17. The molecular weight excluding hydrogens is 210 g/mol. The second-order valence-corrected chi connectivity index (χ2v) is 3.60. The minimum Gasteiger partial charge on any atom is -0.491 e. The van der Waals surface area contributed by atoms with Crippen LogP contribution in [-0.2, 0) is 0 Å². The minimum absolute atomic E-state index is 0.623. The molecule has 1 aromatic carbocycles. The van der Waals surface area contributed by atoms with E-state index in [9.17, 15) is 0 Å². The number of hydrogen-bond acceptors (Lipinski definition) is 2. The van der Waals surface area contributed by atoms with E-state index in [2.05, 4.69) is 4.98 Å². The smallest absolute Gasteiger partial charge is 0.145 e. The third kappa shape index (κ3) is 2.39. The van der Waals surface area contributed by atoms with E-state index in [1.165, 1.54) is 0 Å². The number of ether oxygens (including phenoxy) is 1. The number of halogens is 1. The molecule has 0 bridgehead atoms. The molecule has 0 spiro atoms.